The highest BCUT2D eigenvalue weighted by Crippen LogP contribution is 2.52. The van der Waals surface area contributed by atoms with Gasteiger partial charge in [-0.2, -0.15) is 20.3 Å². The van der Waals surface area contributed by atoms with Crippen LogP contribution in [0.15, 0.2) is 30.5 Å². The second-order valence-corrected chi connectivity index (χ2v) is 11.5. The van der Waals surface area contributed by atoms with Crippen molar-refractivity contribution in [3.05, 3.63) is 52.2 Å². The van der Waals surface area contributed by atoms with Crippen molar-refractivity contribution < 1.29 is 28.9 Å². The van der Waals surface area contributed by atoms with Crippen LogP contribution in [0.3, 0.4) is 0 Å². The van der Waals surface area contributed by atoms with Crippen LogP contribution in [-0.2, 0) is 27.0 Å². The third-order valence-electron chi connectivity index (χ3n) is 6.33. The van der Waals surface area contributed by atoms with E-state index in [1.807, 2.05) is 18.2 Å². The minimum absolute atomic E-state index is 0.0135. The van der Waals surface area contributed by atoms with E-state index < -0.39 is 38.3 Å². The van der Waals surface area contributed by atoms with Crippen molar-refractivity contribution >= 4 is 47.6 Å². The summed E-state index contributed by atoms with van der Waals surface area (Å²) in [5.74, 6) is 0.459. The topological polar surface area (TPSA) is 206 Å². The maximum atomic E-state index is 12.3. The quantitative estimate of drug-likeness (QED) is 0.124. The Morgan fingerprint density at radius 1 is 1.26 bits per heavy atom. The molecule has 5 rings (SSSR count). The minimum Gasteiger partial charge on any atom is -0.393 e. The summed E-state index contributed by atoms with van der Waals surface area (Å²) in [6, 6.07) is 7.43. The van der Waals surface area contributed by atoms with Gasteiger partial charge in [0.15, 0.2) is 23.0 Å². The van der Waals surface area contributed by atoms with Gasteiger partial charge in [0.25, 0.3) is 0 Å². The molecule has 5 N–H and O–H groups in total. The van der Waals surface area contributed by atoms with Gasteiger partial charge in [-0.25, -0.2) is 4.68 Å². The van der Waals surface area contributed by atoms with Crippen molar-refractivity contribution in [2.75, 3.05) is 18.5 Å². The Bertz CT molecular complexity index is 1490. The summed E-state index contributed by atoms with van der Waals surface area (Å²) in [6.45, 7) is -0.770. The predicted octanol–water partition coefficient (Wildman–Crippen LogP) is 2.06. The first-order valence-electron chi connectivity index (χ1n) is 11.8. The van der Waals surface area contributed by atoms with E-state index in [0.29, 0.717) is 41.3 Å². The summed E-state index contributed by atoms with van der Waals surface area (Å²) < 4.78 is 25.5. The molecule has 0 radical (unpaired) electrons. The van der Waals surface area contributed by atoms with Gasteiger partial charge in [-0.15, -0.1) is 10.2 Å². The maximum Gasteiger partial charge on any atom is 0.359 e. The number of fused-ring (bicyclic) bond motifs is 1. The van der Waals surface area contributed by atoms with E-state index in [-0.39, 0.29) is 17.7 Å². The van der Waals surface area contributed by atoms with Gasteiger partial charge in [0, 0.05) is 11.6 Å². The zero-order valence-electron chi connectivity index (χ0n) is 20.2. The number of aliphatic hydroxyl groups is 1. The molecule has 1 aromatic carbocycles. The third kappa shape index (κ3) is 5.90. The van der Waals surface area contributed by atoms with E-state index in [0.717, 1.165) is 5.56 Å². The molecule has 0 spiro atoms. The van der Waals surface area contributed by atoms with Crippen LogP contribution >= 0.6 is 30.8 Å². The lowest BCUT2D eigenvalue weighted by Gasteiger charge is -2.32. The van der Waals surface area contributed by atoms with E-state index in [1.54, 1.807) is 16.9 Å². The monoisotopic (exact) mass is 599 g/mol. The van der Waals surface area contributed by atoms with E-state index in [2.05, 4.69) is 41.0 Å². The second-order valence-electron chi connectivity index (χ2n) is 8.87. The summed E-state index contributed by atoms with van der Waals surface area (Å²) in [5.41, 5.74) is 1.32. The fourth-order valence-electron chi connectivity index (χ4n) is 4.24. The Morgan fingerprint density at radius 2 is 2.08 bits per heavy atom. The summed E-state index contributed by atoms with van der Waals surface area (Å²) in [7, 11) is -4.96. The lowest BCUT2D eigenvalue weighted by molar-refractivity contribution is -0.0948. The molecule has 0 aliphatic carbocycles. The molecule has 39 heavy (non-hydrogen) atoms. The van der Waals surface area contributed by atoms with Gasteiger partial charge in [-0.05, 0) is 36.1 Å². The maximum absolute atomic E-state index is 12.3. The van der Waals surface area contributed by atoms with Crippen LogP contribution in [0.4, 0.5) is 5.82 Å². The number of aliphatic hydroxyl groups excluding tert-OH is 1. The second kappa shape index (κ2) is 11.4. The lowest BCUT2D eigenvalue weighted by Crippen LogP contribution is -2.41. The summed E-state index contributed by atoms with van der Waals surface area (Å²) in [5, 5.41) is 29.5. The first kappa shape index (κ1) is 27.8. The standard InChI is InChI=1S/C21H24Cl2N9O6P/c22-15-4-2-1-3-12(15)8-24-18-14-9-25-32(19(14)27-20(23)26-18)17-6-5-13(38-17)10-37-21(11-33,39(34,35)36)7-16-28-30-31-29-16/h1-4,9,13,17,33H,5-8,10-11H2,(H,24,26,27)(H2,34,35,36)(H,28,29,30,31)/t13-,17+,21-/m0/s1. The van der Waals surface area contributed by atoms with Crippen LogP contribution in [0.25, 0.3) is 11.0 Å². The highest BCUT2D eigenvalue weighted by atomic mass is 35.5. The number of halogens is 2. The van der Waals surface area contributed by atoms with Crippen molar-refractivity contribution in [3.8, 4) is 0 Å². The zero-order chi connectivity index (χ0) is 27.6. The largest absolute Gasteiger partial charge is 0.393 e. The number of anilines is 1. The first-order chi connectivity index (χ1) is 18.7. The molecule has 1 saturated heterocycles. The van der Waals surface area contributed by atoms with Crippen LogP contribution in [-0.4, -0.2) is 79.9 Å². The van der Waals surface area contributed by atoms with Crippen molar-refractivity contribution in [2.45, 2.75) is 43.5 Å². The number of H-pyrrole nitrogens is 1. The summed E-state index contributed by atoms with van der Waals surface area (Å²) in [6.07, 6.45) is 1.06. The van der Waals surface area contributed by atoms with Crippen LogP contribution in [0.1, 0.15) is 30.5 Å². The number of aromatic amines is 1. The number of hydrogen-bond acceptors (Lipinski definition) is 11. The lowest BCUT2D eigenvalue weighted by atomic mass is 10.2. The zero-order valence-corrected chi connectivity index (χ0v) is 22.6. The molecule has 18 heteroatoms. The Labute approximate surface area is 231 Å². The molecule has 3 aromatic heterocycles. The molecule has 0 saturated carbocycles. The molecule has 3 atom stereocenters. The van der Waals surface area contributed by atoms with Gasteiger partial charge in [-0.1, -0.05) is 35.0 Å². The molecule has 0 bridgehead atoms. The number of rotatable bonds is 11. The van der Waals surface area contributed by atoms with E-state index in [9.17, 15) is 19.5 Å². The minimum atomic E-state index is -4.96. The molecule has 208 valence electrons. The molecular weight excluding hydrogens is 576 g/mol. The molecule has 0 amide bonds. The average Bonchev–Trinajstić information content (AvgIpc) is 3.66. The van der Waals surface area contributed by atoms with Crippen molar-refractivity contribution in [2.24, 2.45) is 0 Å². The fourth-order valence-corrected chi connectivity index (χ4v) is 5.38. The van der Waals surface area contributed by atoms with Gasteiger partial charge in [0.1, 0.15) is 5.82 Å². The van der Waals surface area contributed by atoms with E-state index in [4.69, 9.17) is 32.7 Å². The predicted molar refractivity (Wildman–Crippen MR) is 138 cm³/mol. The van der Waals surface area contributed by atoms with Crippen molar-refractivity contribution in [1.82, 2.24) is 40.4 Å². The smallest absolute Gasteiger partial charge is 0.359 e. The number of ether oxygens (including phenoxy) is 2. The Kier molecular flexibility index (Phi) is 8.12. The Morgan fingerprint density at radius 3 is 2.79 bits per heavy atom. The number of tetrazole rings is 1. The van der Waals surface area contributed by atoms with Gasteiger partial charge < -0.3 is 29.7 Å². The molecular formula is C21H24Cl2N9O6P. The van der Waals surface area contributed by atoms with Crippen molar-refractivity contribution in [3.63, 3.8) is 0 Å². The molecule has 15 nitrogen and oxygen atoms in total. The third-order valence-corrected chi connectivity index (χ3v) is 8.36. The molecule has 1 fully saturated rings. The van der Waals surface area contributed by atoms with Crippen LogP contribution in [0.2, 0.25) is 10.3 Å². The number of benzene rings is 1. The average molecular weight is 600 g/mol. The van der Waals surface area contributed by atoms with Crippen LogP contribution < -0.4 is 5.32 Å². The van der Waals surface area contributed by atoms with Gasteiger partial charge in [-0.3, -0.25) is 4.57 Å². The molecule has 4 aromatic rings. The number of hydrogen-bond donors (Lipinski definition) is 5. The fraction of sp³-hybridized carbons (Fsp3) is 0.429. The SMILES string of the molecule is O=P(O)(O)[C@](CO)(Cc1nn[nH]n1)OC[C@@H]1CC[C@H](n2ncc3c(NCc4ccccc4Cl)nc(Cl)nc32)O1. The van der Waals surface area contributed by atoms with Crippen LogP contribution in [0.5, 0.6) is 0 Å². The van der Waals surface area contributed by atoms with E-state index in [1.165, 1.54) is 0 Å². The number of aromatic nitrogens is 8. The molecule has 4 heterocycles. The number of nitrogens with one attached hydrogen (secondary N) is 2. The molecule has 0 unspecified atom stereocenters. The number of nitrogens with zero attached hydrogens (tertiary/aromatic N) is 7. The molecule has 1 aliphatic rings. The normalized spacial score (nSPS) is 19.4. The highest BCUT2D eigenvalue weighted by molar-refractivity contribution is 7.53. The summed E-state index contributed by atoms with van der Waals surface area (Å²) in [4.78, 5) is 28.5. The first-order valence-corrected chi connectivity index (χ1v) is 14.1. The van der Waals surface area contributed by atoms with Gasteiger partial charge >= 0.3 is 7.60 Å². The molecule has 1 aliphatic heterocycles. The van der Waals surface area contributed by atoms with Gasteiger partial charge in [0.2, 0.25) is 5.28 Å². The van der Waals surface area contributed by atoms with Crippen LogP contribution in [0, 0.1) is 0 Å². The van der Waals surface area contributed by atoms with E-state index >= 15 is 0 Å². The Balaban J connectivity index is 1.29. The summed E-state index contributed by atoms with van der Waals surface area (Å²) >= 11 is 12.5. The highest BCUT2D eigenvalue weighted by Gasteiger charge is 2.50. The van der Waals surface area contributed by atoms with Crippen molar-refractivity contribution in [1.29, 1.82) is 0 Å². The van der Waals surface area contributed by atoms with Gasteiger partial charge in [0.05, 0.1) is 37.3 Å². The Hall–Kier alpha value is -2.75.